The van der Waals surface area contributed by atoms with E-state index in [1.807, 2.05) is 30.5 Å². The summed E-state index contributed by atoms with van der Waals surface area (Å²) in [5.41, 5.74) is 16.8. The molecule has 2 aromatic heterocycles. The monoisotopic (exact) mass is 523 g/mol. The van der Waals surface area contributed by atoms with E-state index in [0.717, 1.165) is 29.8 Å². The van der Waals surface area contributed by atoms with Crippen molar-refractivity contribution in [3.8, 4) is 11.5 Å². The number of nitrogens with two attached hydrogens (primary N) is 2. The van der Waals surface area contributed by atoms with E-state index in [2.05, 4.69) is 37.0 Å². The lowest BCUT2D eigenvalue weighted by Crippen LogP contribution is -2.32. The van der Waals surface area contributed by atoms with Crippen LogP contribution in [0.15, 0.2) is 73.5 Å². The second-order valence-corrected chi connectivity index (χ2v) is 9.10. The first kappa shape index (κ1) is 25.7. The number of benzene rings is 2. The number of ketones is 1. The van der Waals surface area contributed by atoms with Crippen LogP contribution in [0.25, 0.3) is 0 Å². The fraction of sp³-hybridized carbons (Fsp3) is 0.207. The number of nitrogen functional groups attached to an aromatic ring is 2. The molecule has 198 valence electrons. The van der Waals surface area contributed by atoms with E-state index in [0.29, 0.717) is 29.0 Å². The van der Waals surface area contributed by atoms with E-state index in [1.165, 1.54) is 19.8 Å². The highest BCUT2D eigenvalue weighted by Crippen LogP contribution is 2.36. The molecule has 3 heterocycles. The highest BCUT2D eigenvalue weighted by atomic mass is 16.5. The van der Waals surface area contributed by atoms with E-state index in [4.69, 9.17) is 20.9 Å². The van der Waals surface area contributed by atoms with Crippen molar-refractivity contribution in [1.29, 1.82) is 0 Å². The number of rotatable bonds is 8. The number of anilines is 2. The van der Waals surface area contributed by atoms with E-state index in [-0.39, 0.29) is 23.6 Å². The summed E-state index contributed by atoms with van der Waals surface area (Å²) in [5, 5.41) is 0. The summed E-state index contributed by atoms with van der Waals surface area (Å²) < 4.78 is 11.1. The standard InChI is InChI=1S/C29H29N7O3/c1-38-25-15-18(13-20-16-33-29(31)35-28(20)30)14-22(27(25)39-2)24(37)9-12-36-11-8-19-5-3-4-6-21(19)26(36)23-7-10-32-17-34-23/h3-7,9-10,12,14-17,26H,8,11,13H2,1-2H3,(H4,30,31,33,35)/b12-9+. The van der Waals surface area contributed by atoms with Gasteiger partial charge < -0.3 is 25.8 Å². The molecule has 39 heavy (non-hydrogen) atoms. The summed E-state index contributed by atoms with van der Waals surface area (Å²) in [6.45, 7) is 0.729. The summed E-state index contributed by atoms with van der Waals surface area (Å²) in [7, 11) is 3.04. The van der Waals surface area contributed by atoms with Crippen LogP contribution >= 0.6 is 0 Å². The Morgan fingerprint density at radius 3 is 2.72 bits per heavy atom. The van der Waals surface area contributed by atoms with Gasteiger partial charge in [-0.1, -0.05) is 24.3 Å². The molecule has 10 heteroatoms. The number of methoxy groups -OCH3 is 2. The molecule has 1 aliphatic rings. The normalized spacial score (nSPS) is 14.7. The molecule has 0 amide bonds. The maximum Gasteiger partial charge on any atom is 0.221 e. The lowest BCUT2D eigenvalue weighted by molar-refractivity contribution is 0.104. The van der Waals surface area contributed by atoms with Gasteiger partial charge in [-0.05, 0) is 41.3 Å². The molecule has 5 rings (SSSR count). The van der Waals surface area contributed by atoms with Gasteiger partial charge in [-0.15, -0.1) is 0 Å². The fourth-order valence-corrected chi connectivity index (χ4v) is 4.89. The van der Waals surface area contributed by atoms with Crippen LogP contribution in [0.4, 0.5) is 11.8 Å². The highest BCUT2D eigenvalue weighted by molar-refractivity contribution is 6.07. The van der Waals surface area contributed by atoms with Crippen molar-refractivity contribution in [1.82, 2.24) is 24.8 Å². The van der Waals surface area contributed by atoms with Crippen molar-refractivity contribution in [2.45, 2.75) is 18.9 Å². The number of nitrogens with zero attached hydrogens (tertiary/aromatic N) is 5. The number of carbonyl (C=O) groups excluding carboxylic acids is 1. The van der Waals surface area contributed by atoms with Crippen molar-refractivity contribution >= 4 is 17.5 Å². The molecule has 0 radical (unpaired) electrons. The minimum Gasteiger partial charge on any atom is -0.493 e. The minimum absolute atomic E-state index is 0.102. The third-order valence-corrected chi connectivity index (χ3v) is 6.74. The number of allylic oxidation sites excluding steroid dienone is 1. The first-order valence-electron chi connectivity index (χ1n) is 12.4. The van der Waals surface area contributed by atoms with E-state index in [1.54, 1.807) is 30.9 Å². The molecule has 1 atom stereocenters. The lowest BCUT2D eigenvalue weighted by Gasteiger charge is -2.36. The van der Waals surface area contributed by atoms with Crippen LogP contribution in [0.5, 0.6) is 11.5 Å². The smallest absolute Gasteiger partial charge is 0.221 e. The first-order valence-corrected chi connectivity index (χ1v) is 12.4. The van der Waals surface area contributed by atoms with E-state index in [9.17, 15) is 4.79 Å². The van der Waals surface area contributed by atoms with Crippen LogP contribution in [0.3, 0.4) is 0 Å². The summed E-state index contributed by atoms with van der Waals surface area (Å²) in [5.74, 6) is 0.950. The number of aromatic nitrogens is 4. The molecule has 0 saturated carbocycles. The Labute approximate surface area is 226 Å². The van der Waals surface area contributed by atoms with Crippen molar-refractivity contribution in [3.63, 3.8) is 0 Å². The molecule has 0 bridgehead atoms. The number of fused-ring (bicyclic) bond motifs is 1. The summed E-state index contributed by atoms with van der Waals surface area (Å²) in [6, 6.07) is 13.6. The molecule has 0 saturated heterocycles. The van der Waals surface area contributed by atoms with Crippen LogP contribution in [0.1, 0.15) is 44.3 Å². The lowest BCUT2D eigenvalue weighted by atomic mass is 9.91. The second-order valence-electron chi connectivity index (χ2n) is 9.10. The molecular formula is C29H29N7O3. The molecule has 0 fully saturated rings. The largest absolute Gasteiger partial charge is 0.493 e. The van der Waals surface area contributed by atoms with Gasteiger partial charge >= 0.3 is 0 Å². The summed E-state index contributed by atoms with van der Waals surface area (Å²) in [4.78, 5) is 32.4. The van der Waals surface area contributed by atoms with Gasteiger partial charge in [0, 0.05) is 43.2 Å². The molecular weight excluding hydrogens is 494 g/mol. The topological polar surface area (TPSA) is 142 Å². The second kappa shape index (κ2) is 11.2. The third-order valence-electron chi connectivity index (χ3n) is 6.74. The van der Waals surface area contributed by atoms with Gasteiger partial charge in [-0.3, -0.25) is 4.79 Å². The number of hydrogen-bond donors (Lipinski definition) is 2. The van der Waals surface area contributed by atoms with Crippen LogP contribution < -0.4 is 20.9 Å². The summed E-state index contributed by atoms with van der Waals surface area (Å²) >= 11 is 0. The Morgan fingerprint density at radius 1 is 1.13 bits per heavy atom. The number of carbonyl (C=O) groups is 1. The zero-order chi connectivity index (χ0) is 27.4. The zero-order valence-corrected chi connectivity index (χ0v) is 21.7. The Hall–Kier alpha value is -4.99. The maximum absolute atomic E-state index is 13.6. The quantitative estimate of drug-likeness (QED) is 0.261. The maximum atomic E-state index is 13.6. The number of hydrogen-bond acceptors (Lipinski definition) is 10. The van der Waals surface area contributed by atoms with Gasteiger partial charge in [-0.25, -0.2) is 15.0 Å². The minimum atomic E-state index is -0.228. The Bertz CT molecular complexity index is 1530. The Kier molecular flexibility index (Phi) is 7.35. The Balaban J connectivity index is 1.48. The van der Waals surface area contributed by atoms with Gasteiger partial charge in [0.05, 0.1) is 31.5 Å². The molecule has 10 nitrogen and oxygen atoms in total. The molecule has 0 spiro atoms. The van der Waals surface area contributed by atoms with Crippen molar-refractivity contribution < 1.29 is 14.3 Å². The predicted octanol–water partition coefficient (Wildman–Crippen LogP) is 3.38. The van der Waals surface area contributed by atoms with Crippen molar-refractivity contribution in [2.75, 3.05) is 32.2 Å². The van der Waals surface area contributed by atoms with Gasteiger partial charge in [0.2, 0.25) is 5.95 Å². The fourth-order valence-electron chi connectivity index (χ4n) is 4.89. The average Bonchev–Trinajstić information content (AvgIpc) is 2.96. The molecule has 1 unspecified atom stereocenters. The molecule has 0 aliphatic carbocycles. The molecule has 1 aliphatic heterocycles. The average molecular weight is 524 g/mol. The predicted molar refractivity (Wildman–Crippen MR) is 147 cm³/mol. The molecule has 2 aromatic carbocycles. The molecule has 4 aromatic rings. The summed E-state index contributed by atoms with van der Waals surface area (Å²) in [6.07, 6.45) is 9.48. The highest BCUT2D eigenvalue weighted by Gasteiger charge is 2.28. The van der Waals surface area contributed by atoms with Crippen LogP contribution in [0, 0.1) is 0 Å². The van der Waals surface area contributed by atoms with Crippen molar-refractivity contribution in [2.24, 2.45) is 0 Å². The van der Waals surface area contributed by atoms with Gasteiger partial charge in [0.1, 0.15) is 12.1 Å². The molecule has 4 N–H and O–H groups in total. The number of ether oxygens (including phenoxy) is 2. The van der Waals surface area contributed by atoms with Gasteiger partial charge in [0.25, 0.3) is 0 Å². The van der Waals surface area contributed by atoms with Gasteiger partial charge in [0.15, 0.2) is 17.3 Å². The van der Waals surface area contributed by atoms with Crippen LogP contribution in [0.2, 0.25) is 0 Å². The van der Waals surface area contributed by atoms with E-state index < -0.39 is 0 Å². The first-order chi connectivity index (χ1) is 19.0. The zero-order valence-electron chi connectivity index (χ0n) is 21.7. The Morgan fingerprint density at radius 2 is 1.97 bits per heavy atom. The van der Waals surface area contributed by atoms with Crippen molar-refractivity contribution in [3.05, 3.63) is 107 Å². The third kappa shape index (κ3) is 5.35. The SMILES string of the molecule is COc1cc(Cc2cnc(N)nc2N)cc(C(=O)/C=C/N2CCc3ccccc3C2c2ccncn2)c1OC. The van der Waals surface area contributed by atoms with Gasteiger partial charge in [-0.2, -0.15) is 4.98 Å². The van der Waals surface area contributed by atoms with Crippen LogP contribution in [-0.4, -0.2) is 51.4 Å². The van der Waals surface area contributed by atoms with Crippen LogP contribution in [-0.2, 0) is 12.8 Å². The van der Waals surface area contributed by atoms with E-state index >= 15 is 0 Å².